The van der Waals surface area contributed by atoms with E-state index in [1.54, 1.807) is 12.1 Å². The molecule has 2 aromatic heterocycles. The number of thiophene rings is 1. The fourth-order valence-electron chi connectivity index (χ4n) is 2.95. The minimum absolute atomic E-state index is 0.168. The predicted octanol–water partition coefficient (Wildman–Crippen LogP) is 5.93. The van der Waals surface area contributed by atoms with E-state index >= 15 is 0 Å². The van der Waals surface area contributed by atoms with Crippen LogP contribution in [-0.4, -0.2) is 10.5 Å². The molecule has 0 atom stereocenters. The number of nitrogens with zero attached hydrogens (tertiary/aromatic N) is 1. The van der Waals surface area contributed by atoms with Crippen LogP contribution in [0, 0.1) is 5.82 Å². The number of carbonyl (C=O) groups excluding carboxylic acids is 1. The van der Waals surface area contributed by atoms with Crippen LogP contribution in [-0.2, 0) is 6.54 Å². The van der Waals surface area contributed by atoms with E-state index in [-0.39, 0.29) is 11.7 Å². The molecule has 0 fully saturated rings. The van der Waals surface area contributed by atoms with Gasteiger partial charge in [0, 0.05) is 34.9 Å². The summed E-state index contributed by atoms with van der Waals surface area (Å²) in [7, 11) is 0. The highest BCUT2D eigenvalue weighted by molar-refractivity contribution is 7.13. The lowest BCUT2D eigenvalue weighted by atomic mass is 10.1. The molecule has 3 nitrogen and oxygen atoms in total. The molecular formula is C22H16ClFN2OS. The van der Waals surface area contributed by atoms with Gasteiger partial charge in [-0.25, -0.2) is 4.39 Å². The van der Waals surface area contributed by atoms with Crippen LogP contribution >= 0.6 is 22.9 Å². The summed E-state index contributed by atoms with van der Waals surface area (Å²) < 4.78 is 15.0. The van der Waals surface area contributed by atoms with Crippen LogP contribution in [0.2, 0.25) is 5.02 Å². The Hall–Kier alpha value is -2.89. The number of nitrogens with one attached hydrogen (secondary N) is 1. The van der Waals surface area contributed by atoms with Crippen molar-refractivity contribution in [3.63, 3.8) is 0 Å². The molecule has 1 amide bonds. The van der Waals surface area contributed by atoms with E-state index in [1.807, 2.05) is 58.7 Å². The first kappa shape index (κ1) is 18.5. The van der Waals surface area contributed by atoms with Gasteiger partial charge in [0.05, 0.1) is 5.69 Å². The summed E-state index contributed by atoms with van der Waals surface area (Å²) in [6, 6.07) is 17.5. The summed E-state index contributed by atoms with van der Waals surface area (Å²) in [6.07, 6.45) is 3.83. The van der Waals surface area contributed by atoms with Gasteiger partial charge in [-0.2, -0.15) is 0 Å². The van der Waals surface area contributed by atoms with Crippen molar-refractivity contribution < 1.29 is 9.18 Å². The molecule has 0 unspecified atom stereocenters. The third-order valence-corrected chi connectivity index (χ3v) is 5.58. The minimum atomic E-state index is -0.296. The quantitative estimate of drug-likeness (QED) is 0.434. The molecule has 0 aliphatic rings. The Labute approximate surface area is 171 Å². The zero-order chi connectivity index (χ0) is 19.5. The molecule has 0 saturated heterocycles. The first-order valence-electron chi connectivity index (χ1n) is 8.65. The molecule has 0 spiro atoms. The van der Waals surface area contributed by atoms with Crippen molar-refractivity contribution >= 4 is 28.8 Å². The Kier molecular flexibility index (Phi) is 5.28. The van der Waals surface area contributed by atoms with Crippen LogP contribution < -0.4 is 5.32 Å². The summed E-state index contributed by atoms with van der Waals surface area (Å²) in [5, 5.41) is 5.57. The molecule has 140 valence electrons. The number of benzene rings is 2. The van der Waals surface area contributed by atoms with E-state index in [0.717, 1.165) is 22.4 Å². The van der Waals surface area contributed by atoms with Gasteiger partial charge in [-0.15, -0.1) is 11.3 Å². The minimum Gasteiger partial charge on any atom is -0.347 e. The Morgan fingerprint density at radius 1 is 1.04 bits per heavy atom. The molecule has 2 heterocycles. The molecule has 2 aromatic carbocycles. The molecule has 0 aliphatic heterocycles. The van der Waals surface area contributed by atoms with Gasteiger partial charge in [-0.3, -0.25) is 4.79 Å². The first-order valence-corrected chi connectivity index (χ1v) is 9.91. The standard InChI is InChI=1S/C22H16ClFN2OS/c23-17-7-5-16(6-8-17)19-14-28-21(20(19)26-11-1-2-12-26)22(27)25-13-15-3-9-18(24)10-4-15/h1-12,14H,13H2,(H,25,27). The van der Waals surface area contributed by atoms with Gasteiger partial charge in [0.15, 0.2) is 0 Å². The van der Waals surface area contributed by atoms with Gasteiger partial charge in [-0.05, 0) is 47.5 Å². The highest BCUT2D eigenvalue weighted by Gasteiger charge is 2.20. The molecule has 0 radical (unpaired) electrons. The maximum absolute atomic E-state index is 13.1. The lowest BCUT2D eigenvalue weighted by molar-refractivity contribution is 0.0955. The molecule has 0 bridgehead atoms. The number of carbonyl (C=O) groups is 1. The average molecular weight is 411 g/mol. The zero-order valence-electron chi connectivity index (χ0n) is 14.7. The van der Waals surface area contributed by atoms with Crippen molar-refractivity contribution in [2.24, 2.45) is 0 Å². The highest BCUT2D eigenvalue weighted by Crippen LogP contribution is 2.35. The van der Waals surface area contributed by atoms with Gasteiger partial charge in [-0.1, -0.05) is 35.9 Å². The second-order valence-electron chi connectivity index (χ2n) is 6.23. The van der Waals surface area contributed by atoms with Gasteiger partial charge in [0.25, 0.3) is 5.91 Å². The predicted molar refractivity (Wildman–Crippen MR) is 112 cm³/mol. The zero-order valence-corrected chi connectivity index (χ0v) is 16.3. The van der Waals surface area contributed by atoms with Gasteiger partial charge in [0.2, 0.25) is 0 Å². The fraction of sp³-hybridized carbons (Fsp3) is 0.0455. The van der Waals surface area contributed by atoms with Crippen molar-refractivity contribution in [3.05, 3.63) is 99.7 Å². The Balaban J connectivity index is 1.65. The van der Waals surface area contributed by atoms with Crippen LogP contribution in [0.25, 0.3) is 16.8 Å². The lowest BCUT2D eigenvalue weighted by Gasteiger charge is -2.10. The van der Waals surface area contributed by atoms with Crippen molar-refractivity contribution in [2.75, 3.05) is 0 Å². The third-order valence-electron chi connectivity index (χ3n) is 4.36. The van der Waals surface area contributed by atoms with Gasteiger partial charge < -0.3 is 9.88 Å². The maximum atomic E-state index is 13.1. The highest BCUT2D eigenvalue weighted by atomic mass is 35.5. The van der Waals surface area contributed by atoms with Gasteiger partial charge in [0.1, 0.15) is 10.7 Å². The summed E-state index contributed by atoms with van der Waals surface area (Å²) >= 11 is 7.41. The van der Waals surface area contributed by atoms with Crippen molar-refractivity contribution in [1.29, 1.82) is 0 Å². The molecule has 0 aliphatic carbocycles. The van der Waals surface area contributed by atoms with Crippen LogP contribution in [0.5, 0.6) is 0 Å². The van der Waals surface area contributed by atoms with E-state index in [2.05, 4.69) is 5.32 Å². The fourth-order valence-corrected chi connectivity index (χ4v) is 4.07. The van der Waals surface area contributed by atoms with Crippen LogP contribution in [0.3, 0.4) is 0 Å². The number of hydrogen-bond acceptors (Lipinski definition) is 2. The van der Waals surface area contributed by atoms with Gasteiger partial charge >= 0.3 is 0 Å². The number of rotatable bonds is 5. The van der Waals surface area contributed by atoms with Crippen molar-refractivity contribution in [1.82, 2.24) is 9.88 Å². The monoisotopic (exact) mass is 410 g/mol. The van der Waals surface area contributed by atoms with Crippen LogP contribution in [0.1, 0.15) is 15.2 Å². The summed E-state index contributed by atoms with van der Waals surface area (Å²) in [5.74, 6) is -0.464. The number of aromatic nitrogens is 1. The number of amides is 1. The molecule has 6 heteroatoms. The molecular weight excluding hydrogens is 395 g/mol. The average Bonchev–Trinajstić information content (AvgIpc) is 3.37. The van der Waals surface area contributed by atoms with E-state index in [1.165, 1.54) is 23.5 Å². The largest absolute Gasteiger partial charge is 0.347 e. The number of hydrogen-bond donors (Lipinski definition) is 1. The van der Waals surface area contributed by atoms with E-state index in [9.17, 15) is 9.18 Å². The summed E-state index contributed by atoms with van der Waals surface area (Å²) in [5.41, 5.74) is 3.62. The lowest BCUT2D eigenvalue weighted by Crippen LogP contribution is -2.23. The molecule has 4 rings (SSSR count). The van der Waals surface area contributed by atoms with Crippen LogP contribution in [0.4, 0.5) is 4.39 Å². The summed E-state index contributed by atoms with van der Waals surface area (Å²) in [6.45, 7) is 0.332. The van der Waals surface area contributed by atoms with Crippen molar-refractivity contribution in [3.8, 4) is 16.8 Å². The van der Waals surface area contributed by atoms with E-state index < -0.39 is 0 Å². The smallest absolute Gasteiger partial charge is 0.263 e. The Morgan fingerprint density at radius 2 is 1.71 bits per heavy atom. The Bertz CT molecular complexity index is 1090. The molecule has 28 heavy (non-hydrogen) atoms. The van der Waals surface area contributed by atoms with Crippen molar-refractivity contribution in [2.45, 2.75) is 6.54 Å². The summed E-state index contributed by atoms with van der Waals surface area (Å²) in [4.78, 5) is 13.5. The molecule has 0 saturated carbocycles. The maximum Gasteiger partial charge on any atom is 0.263 e. The Morgan fingerprint density at radius 3 is 2.39 bits per heavy atom. The van der Waals surface area contributed by atoms with E-state index in [4.69, 9.17) is 11.6 Å². The third kappa shape index (κ3) is 3.86. The molecule has 4 aromatic rings. The first-order chi connectivity index (χ1) is 13.6. The van der Waals surface area contributed by atoms with E-state index in [0.29, 0.717) is 16.4 Å². The second-order valence-corrected chi connectivity index (χ2v) is 7.55. The normalized spacial score (nSPS) is 10.8. The number of halogens is 2. The topological polar surface area (TPSA) is 34.0 Å². The van der Waals surface area contributed by atoms with Crippen LogP contribution in [0.15, 0.2) is 78.4 Å². The second kappa shape index (κ2) is 8.00. The SMILES string of the molecule is O=C(NCc1ccc(F)cc1)c1scc(-c2ccc(Cl)cc2)c1-n1cccc1. The molecule has 1 N–H and O–H groups in total.